The van der Waals surface area contributed by atoms with E-state index in [9.17, 15) is 14.7 Å². The van der Waals surface area contributed by atoms with Crippen LogP contribution >= 0.6 is 0 Å². The average molecular weight is 404 g/mol. The molecular formula is C25H41NO3. The molecule has 1 aromatic rings. The van der Waals surface area contributed by atoms with Crippen molar-refractivity contribution >= 4 is 11.9 Å². The van der Waals surface area contributed by atoms with Crippen LogP contribution in [0.5, 0.6) is 0 Å². The van der Waals surface area contributed by atoms with Gasteiger partial charge in [-0.25, -0.2) is 4.79 Å². The quantitative estimate of drug-likeness (QED) is 0.307. The van der Waals surface area contributed by atoms with Crippen molar-refractivity contribution in [2.75, 3.05) is 0 Å². The number of carboxylic acids is 1. The maximum Gasteiger partial charge on any atom is 0.326 e. The summed E-state index contributed by atoms with van der Waals surface area (Å²) < 4.78 is 0. The Morgan fingerprint density at radius 3 is 1.86 bits per heavy atom. The fourth-order valence-electron chi connectivity index (χ4n) is 3.57. The van der Waals surface area contributed by atoms with E-state index >= 15 is 0 Å². The minimum absolute atomic E-state index is 0.158. The van der Waals surface area contributed by atoms with Gasteiger partial charge in [-0.2, -0.15) is 0 Å². The molecular weight excluding hydrogens is 362 g/mol. The fourth-order valence-corrected chi connectivity index (χ4v) is 3.57. The molecule has 1 atom stereocenters. The van der Waals surface area contributed by atoms with E-state index in [2.05, 4.69) is 19.2 Å². The Morgan fingerprint density at radius 2 is 1.34 bits per heavy atom. The monoisotopic (exact) mass is 403 g/mol. The van der Waals surface area contributed by atoms with Gasteiger partial charge in [0, 0.05) is 12.8 Å². The summed E-state index contributed by atoms with van der Waals surface area (Å²) in [6, 6.07) is 8.56. The molecule has 164 valence electrons. The first-order valence-electron chi connectivity index (χ1n) is 11.5. The Labute approximate surface area is 177 Å². The van der Waals surface area contributed by atoms with Crippen molar-refractivity contribution in [2.45, 2.75) is 103 Å². The summed E-state index contributed by atoms with van der Waals surface area (Å²) in [6.45, 7) is 4.58. The van der Waals surface area contributed by atoms with Gasteiger partial charge in [-0.1, -0.05) is 108 Å². The van der Waals surface area contributed by atoms with Crippen molar-refractivity contribution in [3.63, 3.8) is 0 Å². The number of hydrogen-bond donors (Lipinski definition) is 2. The Balaban J connectivity index is 2.02. The molecule has 4 nitrogen and oxygen atoms in total. The maximum absolute atomic E-state index is 12.1. The normalized spacial score (nSPS) is 12.1. The minimum Gasteiger partial charge on any atom is -0.480 e. The van der Waals surface area contributed by atoms with Gasteiger partial charge in [0.25, 0.3) is 0 Å². The van der Waals surface area contributed by atoms with Gasteiger partial charge in [0.15, 0.2) is 0 Å². The van der Waals surface area contributed by atoms with Gasteiger partial charge >= 0.3 is 5.97 Å². The van der Waals surface area contributed by atoms with E-state index in [0.717, 1.165) is 30.7 Å². The van der Waals surface area contributed by atoms with Crippen molar-refractivity contribution in [1.82, 2.24) is 5.32 Å². The van der Waals surface area contributed by atoms with Crippen LogP contribution in [0.3, 0.4) is 0 Å². The summed E-state index contributed by atoms with van der Waals surface area (Å²) in [7, 11) is 0. The SMILES string of the molecule is CC(C)CCCCCCCCCCCCC(=O)N[C@H](Cc1ccccc1)C(=O)O. The van der Waals surface area contributed by atoms with Gasteiger partial charge in [0.05, 0.1) is 0 Å². The molecule has 0 saturated carbocycles. The molecule has 2 N–H and O–H groups in total. The zero-order valence-corrected chi connectivity index (χ0v) is 18.5. The summed E-state index contributed by atoms with van der Waals surface area (Å²) in [4.78, 5) is 23.5. The van der Waals surface area contributed by atoms with Crippen molar-refractivity contribution < 1.29 is 14.7 Å². The third-order valence-electron chi connectivity index (χ3n) is 5.35. The summed E-state index contributed by atoms with van der Waals surface area (Å²) in [5.41, 5.74) is 0.917. The molecule has 0 radical (unpaired) electrons. The molecule has 1 rings (SSSR count). The van der Waals surface area contributed by atoms with Crippen molar-refractivity contribution in [3.05, 3.63) is 35.9 Å². The van der Waals surface area contributed by atoms with E-state index in [-0.39, 0.29) is 5.91 Å². The minimum atomic E-state index is -0.980. The first kappa shape index (κ1) is 25.2. The van der Waals surface area contributed by atoms with E-state index in [0.29, 0.717) is 12.8 Å². The van der Waals surface area contributed by atoms with Crippen LogP contribution in [0, 0.1) is 5.92 Å². The number of amides is 1. The molecule has 0 aliphatic carbocycles. The van der Waals surface area contributed by atoms with Crippen molar-refractivity contribution in [3.8, 4) is 0 Å². The lowest BCUT2D eigenvalue weighted by Crippen LogP contribution is -2.42. The average Bonchev–Trinajstić information content (AvgIpc) is 2.68. The molecule has 0 spiro atoms. The van der Waals surface area contributed by atoms with E-state index in [1.807, 2.05) is 30.3 Å². The van der Waals surface area contributed by atoms with Crippen molar-refractivity contribution in [1.29, 1.82) is 0 Å². The molecule has 0 unspecified atom stereocenters. The number of unbranched alkanes of at least 4 members (excludes halogenated alkanes) is 9. The first-order chi connectivity index (χ1) is 14.0. The zero-order valence-electron chi connectivity index (χ0n) is 18.5. The molecule has 0 bridgehead atoms. The highest BCUT2D eigenvalue weighted by Crippen LogP contribution is 2.14. The molecule has 1 aromatic carbocycles. The first-order valence-corrected chi connectivity index (χ1v) is 11.5. The third kappa shape index (κ3) is 13.9. The smallest absolute Gasteiger partial charge is 0.326 e. The van der Waals surface area contributed by atoms with Crippen LogP contribution in [-0.4, -0.2) is 23.0 Å². The molecule has 0 aliphatic heterocycles. The summed E-state index contributed by atoms with van der Waals surface area (Å²) in [5.74, 6) is -0.308. The maximum atomic E-state index is 12.1. The van der Waals surface area contributed by atoms with Crippen molar-refractivity contribution in [2.24, 2.45) is 5.92 Å². The number of carbonyl (C=O) groups is 2. The van der Waals surface area contributed by atoms with E-state index < -0.39 is 12.0 Å². The van der Waals surface area contributed by atoms with Crippen LogP contribution in [0.15, 0.2) is 30.3 Å². The van der Waals surface area contributed by atoms with Gasteiger partial charge in [0.1, 0.15) is 6.04 Å². The Hall–Kier alpha value is -1.84. The number of nitrogens with one attached hydrogen (secondary N) is 1. The second-order valence-corrected chi connectivity index (χ2v) is 8.62. The lowest BCUT2D eigenvalue weighted by Gasteiger charge is -2.14. The van der Waals surface area contributed by atoms with Crippen LogP contribution in [0.1, 0.15) is 96.5 Å². The molecule has 1 amide bonds. The number of rotatable bonds is 17. The lowest BCUT2D eigenvalue weighted by molar-refractivity contribution is -0.141. The topological polar surface area (TPSA) is 66.4 Å². The van der Waals surface area contributed by atoms with E-state index in [4.69, 9.17) is 0 Å². The number of hydrogen-bond acceptors (Lipinski definition) is 2. The number of carboxylic acid groups (broad SMARTS) is 1. The Bertz CT molecular complexity index is 556. The highest BCUT2D eigenvalue weighted by Gasteiger charge is 2.19. The van der Waals surface area contributed by atoms with Gasteiger partial charge in [-0.3, -0.25) is 4.79 Å². The van der Waals surface area contributed by atoms with Crippen LogP contribution in [0.4, 0.5) is 0 Å². The number of carbonyl (C=O) groups excluding carboxylic acids is 1. The lowest BCUT2D eigenvalue weighted by atomic mass is 10.0. The van der Waals surface area contributed by atoms with Crippen LogP contribution in [0.2, 0.25) is 0 Å². The van der Waals surface area contributed by atoms with Gasteiger partial charge in [-0.15, -0.1) is 0 Å². The molecule has 0 saturated heterocycles. The fraction of sp³-hybridized carbons (Fsp3) is 0.680. The molecule has 0 aliphatic rings. The zero-order chi connectivity index (χ0) is 21.3. The highest BCUT2D eigenvalue weighted by atomic mass is 16.4. The molecule has 0 fully saturated rings. The second kappa shape index (κ2) is 16.0. The second-order valence-electron chi connectivity index (χ2n) is 8.62. The molecule has 0 heterocycles. The largest absolute Gasteiger partial charge is 0.480 e. The van der Waals surface area contributed by atoms with Gasteiger partial charge in [-0.05, 0) is 17.9 Å². The van der Waals surface area contributed by atoms with Crippen LogP contribution in [-0.2, 0) is 16.0 Å². The number of benzene rings is 1. The molecule has 4 heteroatoms. The van der Waals surface area contributed by atoms with Gasteiger partial charge < -0.3 is 10.4 Å². The van der Waals surface area contributed by atoms with E-state index in [1.165, 1.54) is 51.4 Å². The molecule has 29 heavy (non-hydrogen) atoms. The summed E-state index contributed by atoms with van der Waals surface area (Å²) >= 11 is 0. The number of aliphatic carboxylic acids is 1. The Kier molecular flexibility index (Phi) is 13.9. The summed E-state index contributed by atoms with van der Waals surface area (Å²) in [6.07, 6.45) is 14.4. The third-order valence-corrected chi connectivity index (χ3v) is 5.35. The Morgan fingerprint density at radius 1 is 0.828 bits per heavy atom. The van der Waals surface area contributed by atoms with Gasteiger partial charge in [0.2, 0.25) is 5.91 Å². The van der Waals surface area contributed by atoms with Crippen LogP contribution < -0.4 is 5.32 Å². The highest BCUT2D eigenvalue weighted by molar-refractivity contribution is 5.83. The standard InChI is InChI=1S/C25H41NO3/c1-21(2)16-12-9-7-5-3-4-6-8-10-15-19-24(27)26-23(25(28)29)20-22-17-13-11-14-18-22/h11,13-14,17-18,21,23H,3-10,12,15-16,19-20H2,1-2H3,(H,26,27)(H,28,29)/t23-/m1/s1. The molecule has 0 aromatic heterocycles. The van der Waals surface area contributed by atoms with Crippen LogP contribution in [0.25, 0.3) is 0 Å². The summed E-state index contributed by atoms with van der Waals surface area (Å²) in [5, 5.41) is 12.0. The predicted octanol–water partition coefficient (Wildman–Crippen LogP) is 6.14. The predicted molar refractivity (Wildman–Crippen MR) is 120 cm³/mol. The van der Waals surface area contributed by atoms with E-state index in [1.54, 1.807) is 0 Å².